The minimum absolute atomic E-state index is 0.331. The van der Waals surface area contributed by atoms with E-state index in [9.17, 15) is 8.42 Å². The van der Waals surface area contributed by atoms with Crippen LogP contribution in [0.25, 0.3) is 0 Å². The smallest absolute Gasteiger partial charge is 0.279 e. The maximum atomic E-state index is 12.1. The zero-order chi connectivity index (χ0) is 14.6. The number of nitrogens with two attached hydrogens (primary N) is 1. The molecule has 1 aromatic rings. The van der Waals surface area contributed by atoms with E-state index in [4.69, 9.17) is 10.2 Å². The van der Waals surface area contributed by atoms with E-state index in [2.05, 4.69) is 4.72 Å². The van der Waals surface area contributed by atoms with Crippen LogP contribution in [0.4, 0.5) is 0 Å². The molecule has 1 aromatic heterocycles. The van der Waals surface area contributed by atoms with Gasteiger partial charge in [-0.3, -0.25) is 0 Å². The molecule has 0 radical (unpaired) electrons. The Balaban J connectivity index is 2.75. The molecule has 0 aliphatic carbocycles. The summed E-state index contributed by atoms with van der Waals surface area (Å²) in [7, 11) is -1.96. The molecule has 1 unspecified atom stereocenters. The first-order chi connectivity index (χ1) is 8.77. The highest BCUT2D eigenvalue weighted by atomic mass is 32.2. The fourth-order valence-electron chi connectivity index (χ4n) is 1.89. The van der Waals surface area contributed by atoms with Gasteiger partial charge in [-0.15, -0.1) is 0 Å². The van der Waals surface area contributed by atoms with Crippen LogP contribution in [0.1, 0.15) is 36.5 Å². The second-order valence-electron chi connectivity index (χ2n) is 4.68. The molecule has 0 saturated heterocycles. The number of hydrogen-bond donors (Lipinski definition) is 2. The van der Waals surface area contributed by atoms with Crippen LogP contribution in [-0.2, 0) is 10.2 Å². The van der Waals surface area contributed by atoms with Gasteiger partial charge in [0.15, 0.2) is 0 Å². The molecule has 0 aliphatic heterocycles. The predicted octanol–water partition coefficient (Wildman–Crippen LogP) is 1.07. The second kappa shape index (κ2) is 6.51. The fraction of sp³-hybridized carbons (Fsp3) is 0.667. The summed E-state index contributed by atoms with van der Waals surface area (Å²) in [5.41, 5.74) is 6.24. The van der Waals surface area contributed by atoms with Gasteiger partial charge in [-0.05, 0) is 39.8 Å². The molecule has 0 aromatic carbocycles. The van der Waals surface area contributed by atoms with Crippen molar-refractivity contribution in [3.05, 3.63) is 23.2 Å². The van der Waals surface area contributed by atoms with Crippen LogP contribution in [0.2, 0.25) is 0 Å². The third-order valence-electron chi connectivity index (χ3n) is 2.96. The monoisotopic (exact) mass is 289 g/mol. The molecule has 3 N–H and O–H groups in total. The van der Waals surface area contributed by atoms with Crippen molar-refractivity contribution in [2.45, 2.75) is 33.2 Å². The summed E-state index contributed by atoms with van der Waals surface area (Å²) in [5, 5.41) is 0. The molecular weight excluding hydrogens is 266 g/mol. The summed E-state index contributed by atoms with van der Waals surface area (Å²) >= 11 is 0. The Morgan fingerprint density at radius 3 is 2.58 bits per heavy atom. The highest BCUT2D eigenvalue weighted by Crippen LogP contribution is 2.22. The molecule has 1 heterocycles. The Morgan fingerprint density at radius 1 is 1.47 bits per heavy atom. The van der Waals surface area contributed by atoms with Crippen molar-refractivity contribution in [3.8, 4) is 0 Å². The van der Waals surface area contributed by atoms with Gasteiger partial charge in [-0.2, -0.15) is 17.4 Å². The lowest BCUT2D eigenvalue weighted by Crippen LogP contribution is -2.40. The SMILES string of the molecule is Cc1cc(C(C)NS(=O)(=O)N(C)CCCN)c(C)o1. The number of rotatable bonds is 7. The van der Waals surface area contributed by atoms with E-state index in [0.29, 0.717) is 19.5 Å². The average molecular weight is 289 g/mol. The fourth-order valence-corrected chi connectivity index (χ4v) is 3.01. The lowest BCUT2D eigenvalue weighted by molar-refractivity contribution is 0.444. The topological polar surface area (TPSA) is 88.6 Å². The molecule has 6 nitrogen and oxygen atoms in total. The summed E-state index contributed by atoms with van der Waals surface area (Å²) in [5.74, 6) is 1.51. The zero-order valence-electron chi connectivity index (χ0n) is 11.9. The summed E-state index contributed by atoms with van der Waals surface area (Å²) in [6, 6.07) is 1.52. The highest BCUT2D eigenvalue weighted by Gasteiger charge is 2.22. The Kier molecular flexibility index (Phi) is 5.54. The Labute approximate surface area is 115 Å². The summed E-state index contributed by atoms with van der Waals surface area (Å²) in [6.07, 6.45) is 0.635. The van der Waals surface area contributed by atoms with E-state index in [-0.39, 0.29) is 6.04 Å². The molecule has 0 fully saturated rings. The van der Waals surface area contributed by atoms with Crippen molar-refractivity contribution in [1.29, 1.82) is 0 Å². The van der Waals surface area contributed by atoms with Gasteiger partial charge in [0.25, 0.3) is 10.2 Å². The lowest BCUT2D eigenvalue weighted by Gasteiger charge is -2.20. The third-order valence-corrected chi connectivity index (χ3v) is 4.61. The average Bonchev–Trinajstić information content (AvgIpc) is 2.64. The quantitative estimate of drug-likeness (QED) is 0.786. The Morgan fingerprint density at radius 2 is 2.11 bits per heavy atom. The second-order valence-corrected chi connectivity index (χ2v) is 6.49. The van der Waals surface area contributed by atoms with Crippen molar-refractivity contribution >= 4 is 10.2 Å². The van der Waals surface area contributed by atoms with E-state index in [1.54, 1.807) is 6.92 Å². The molecule has 1 atom stereocenters. The molecular formula is C12H23N3O3S. The van der Waals surface area contributed by atoms with Crippen LogP contribution in [0.5, 0.6) is 0 Å². The molecule has 19 heavy (non-hydrogen) atoms. The van der Waals surface area contributed by atoms with Crippen molar-refractivity contribution in [2.75, 3.05) is 20.1 Å². The normalized spacial score (nSPS) is 14.0. The predicted molar refractivity (Wildman–Crippen MR) is 75.0 cm³/mol. The van der Waals surface area contributed by atoms with E-state index in [0.717, 1.165) is 17.1 Å². The van der Waals surface area contributed by atoms with Gasteiger partial charge in [0.1, 0.15) is 11.5 Å². The van der Waals surface area contributed by atoms with Crippen LogP contribution in [-0.4, -0.2) is 32.9 Å². The standard InChI is InChI=1S/C12H23N3O3S/c1-9-8-12(11(3)18-9)10(2)14-19(16,17)15(4)7-5-6-13/h8,10,14H,5-7,13H2,1-4H3. The number of furan rings is 1. The van der Waals surface area contributed by atoms with Crippen LogP contribution in [0.15, 0.2) is 10.5 Å². The van der Waals surface area contributed by atoms with Gasteiger partial charge < -0.3 is 10.2 Å². The van der Waals surface area contributed by atoms with Crippen molar-refractivity contribution in [2.24, 2.45) is 5.73 Å². The van der Waals surface area contributed by atoms with Crippen LogP contribution in [0.3, 0.4) is 0 Å². The van der Waals surface area contributed by atoms with Crippen molar-refractivity contribution < 1.29 is 12.8 Å². The zero-order valence-corrected chi connectivity index (χ0v) is 12.8. The van der Waals surface area contributed by atoms with Crippen LogP contribution in [0, 0.1) is 13.8 Å². The minimum Gasteiger partial charge on any atom is -0.466 e. The van der Waals surface area contributed by atoms with Gasteiger partial charge >= 0.3 is 0 Å². The summed E-state index contributed by atoms with van der Waals surface area (Å²) in [4.78, 5) is 0. The molecule has 1 rings (SSSR count). The number of nitrogens with zero attached hydrogens (tertiary/aromatic N) is 1. The Hall–Kier alpha value is -0.890. The number of hydrogen-bond acceptors (Lipinski definition) is 4. The largest absolute Gasteiger partial charge is 0.466 e. The summed E-state index contributed by atoms with van der Waals surface area (Å²) in [6.45, 7) is 6.33. The van der Waals surface area contributed by atoms with Gasteiger partial charge in [0, 0.05) is 25.2 Å². The molecule has 0 spiro atoms. The first-order valence-electron chi connectivity index (χ1n) is 6.28. The summed E-state index contributed by atoms with van der Waals surface area (Å²) < 4.78 is 33.5. The van der Waals surface area contributed by atoms with E-state index >= 15 is 0 Å². The van der Waals surface area contributed by atoms with Crippen molar-refractivity contribution in [3.63, 3.8) is 0 Å². The van der Waals surface area contributed by atoms with E-state index < -0.39 is 10.2 Å². The first-order valence-corrected chi connectivity index (χ1v) is 7.72. The molecule has 110 valence electrons. The molecule has 7 heteroatoms. The highest BCUT2D eigenvalue weighted by molar-refractivity contribution is 7.87. The number of nitrogens with one attached hydrogen (secondary N) is 1. The van der Waals surface area contributed by atoms with Gasteiger partial charge in [-0.1, -0.05) is 0 Å². The molecule has 0 bridgehead atoms. The lowest BCUT2D eigenvalue weighted by atomic mass is 10.1. The molecule has 0 amide bonds. The minimum atomic E-state index is -3.50. The maximum Gasteiger partial charge on any atom is 0.279 e. The van der Waals surface area contributed by atoms with E-state index in [1.165, 1.54) is 11.4 Å². The third kappa shape index (κ3) is 4.31. The van der Waals surface area contributed by atoms with Crippen molar-refractivity contribution in [1.82, 2.24) is 9.03 Å². The Bertz CT molecular complexity index is 510. The molecule has 0 aliphatic rings. The van der Waals surface area contributed by atoms with Gasteiger partial charge in [0.05, 0.1) is 0 Å². The van der Waals surface area contributed by atoms with Gasteiger partial charge in [-0.25, -0.2) is 0 Å². The maximum absolute atomic E-state index is 12.1. The van der Waals surface area contributed by atoms with Crippen LogP contribution < -0.4 is 10.5 Å². The number of aryl methyl sites for hydroxylation is 2. The van der Waals surface area contributed by atoms with Gasteiger partial charge in [0.2, 0.25) is 0 Å². The van der Waals surface area contributed by atoms with Crippen LogP contribution >= 0.6 is 0 Å². The molecule has 0 saturated carbocycles. The van der Waals surface area contributed by atoms with E-state index in [1.807, 2.05) is 19.9 Å². The first kappa shape index (κ1) is 16.2.